The zero-order chi connectivity index (χ0) is 15.1. The molecule has 0 bridgehead atoms. The molecule has 116 valence electrons. The lowest BCUT2D eigenvalue weighted by atomic mass is 9.99. The van der Waals surface area contributed by atoms with Crippen molar-refractivity contribution in [2.45, 2.75) is 45.1 Å². The number of rotatable bonds is 6. The van der Waals surface area contributed by atoms with Crippen LogP contribution in [0.3, 0.4) is 0 Å². The molecule has 0 spiro atoms. The predicted octanol–water partition coefficient (Wildman–Crippen LogP) is 3.28. The molecule has 2 rings (SSSR count). The third-order valence-corrected chi connectivity index (χ3v) is 4.24. The van der Waals surface area contributed by atoms with E-state index in [1.807, 2.05) is 37.1 Å². The van der Waals surface area contributed by atoms with Crippen molar-refractivity contribution in [2.24, 2.45) is 5.92 Å². The Labute approximate surface area is 128 Å². The van der Waals surface area contributed by atoms with Crippen LogP contribution in [0.1, 0.15) is 38.2 Å². The minimum atomic E-state index is 0.0321. The van der Waals surface area contributed by atoms with E-state index in [0.717, 1.165) is 32.4 Å². The number of hydrogen-bond donors (Lipinski definition) is 0. The SMILES string of the molecule is CC(Cc1ccccc1)C(=O)N(C)CCC1CCCCO1. The van der Waals surface area contributed by atoms with E-state index in [4.69, 9.17) is 4.74 Å². The third kappa shape index (κ3) is 5.16. The first kappa shape index (κ1) is 16.0. The number of hydrogen-bond acceptors (Lipinski definition) is 2. The number of carbonyl (C=O) groups is 1. The molecule has 1 aromatic carbocycles. The molecule has 0 aromatic heterocycles. The van der Waals surface area contributed by atoms with Crippen LogP contribution in [0.15, 0.2) is 30.3 Å². The lowest BCUT2D eigenvalue weighted by Gasteiger charge is -2.26. The van der Waals surface area contributed by atoms with E-state index in [1.54, 1.807) is 0 Å². The van der Waals surface area contributed by atoms with Gasteiger partial charge in [0.15, 0.2) is 0 Å². The van der Waals surface area contributed by atoms with Crippen LogP contribution in [0.2, 0.25) is 0 Å². The van der Waals surface area contributed by atoms with E-state index < -0.39 is 0 Å². The lowest BCUT2D eigenvalue weighted by Crippen LogP contribution is -2.35. The lowest BCUT2D eigenvalue weighted by molar-refractivity contribution is -0.134. The Morgan fingerprint density at radius 3 is 2.76 bits per heavy atom. The Morgan fingerprint density at radius 1 is 1.33 bits per heavy atom. The first-order valence-corrected chi connectivity index (χ1v) is 8.07. The van der Waals surface area contributed by atoms with E-state index in [9.17, 15) is 4.79 Å². The fourth-order valence-electron chi connectivity index (χ4n) is 2.91. The number of amides is 1. The Hall–Kier alpha value is -1.35. The van der Waals surface area contributed by atoms with Crippen molar-refractivity contribution in [1.29, 1.82) is 0 Å². The molecule has 0 aliphatic carbocycles. The minimum absolute atomic E-state index is 0.0321. The highest BCUT2D eigenvalue weighted by atomic mass is 16.5. The zero-order valence-corrected chi connectivity index (χ0v) is 13.3. The van der Waals surface area contributed by atoms with Gasteiger partial charge >= 0.3 is 0 Å². The van der Waals surface area contributed by atoms with Crippen LogP contribution >= 0.6 is 0 Å². The molecule has 0 radical (unpaired) electrons. The summed E-state index contributed by atoms with van der Waals surface area (Å²) in [4.78, 5) is 14.3. The van der Waals surface area contributed by atoms with Gasteiger partial charge in [-0.1, -0.05) is 37.3 Å². The van der Waals surface area contributed by atoms with Crippen LogP contribution in [0.5, 0.6) is 0 Å². The maximum absolute atomic E-state index is 12.4. The smallest absolute Gasteiger partial charge is 0.225 e. The van der Waals surface area contributed by atoms with Gasteiger partial charge in [0, 0.05) is 26.1 Å². The Balaban J connectivity index is 1.75. The van der Waals surface area contributed by atoms with E-state index >= 15 is 0 Å². The van der Waals surface area contributed by atoms with E-state index in [1.165, 1.54) is 18.4 Å². The first-order chi connectivity index (χ1) is 10.2. The topological polar surface area (TPSA) is 29.5 Å². The van der Waals surface area contributed by atoms with Gasteiger partial charge in [0.05, 0.1) is 6.10 Å². The Morgan fingerprint density at radius 2 is 2.10 bits per heavy atom. The monoisotopic (exact) mass is 289 g/mol. The van der Waals surface area contributed by atoms with Gasteiger partial charge in [-0.3, -0.25) is 4.79 Å². The van der Waals surface area contributed by atoms with Crippen molar-refractivity contribution in [3.63, 3.8) is 0 Å². The van der Waals surface area contributed by atoms with Crippen molar-refractivity contribution in [1.82, 2.24) is 4.90 Å². The molecule has 1 amide bonds. The molecular weight excluding hydrogens is 262 g/mol. The van der Waals surface area contributed by atoms with Crippen molar-refractivity contribution < 1.29 is 9.53 Å². The van der Waals surface area contributed by atoms with Crippen molar-refractivity contribution >= 4 is 5.91 Å². The van der Waals surface area contributed by atoms with Gasteiger partial charge in [-0.05, 0) is 37.7 Å². The van der Waals surface area contributed by atoms with Crippen molar-refractivity contribution in [3.8, 4) is 0 Å². The fraction of sp³-hybridized carbons (Fsp3) is 0.611. The fourth-order valence-corrected chi connectivity index (χ4v) is 2.91. The van der Waals surface area contributed by atoms with Crippen LogP contribution < -0.4 is 0 Å². The van der Waals surface area contributed by atoms with Crippen LogP contribution in [0.25, 0.3) is 0 Å². The molecule has 1 heterocycles. The Kier molecular flexibility index (Phi) is 6.24. The summed E-state index contributed by atoms with van der Waals surface area (Å²) in [7, 11) is 1.91. The highest BCUT2D eigenvalue weighted by molar-refractivity contribution is 5.78. The largest absolute Gasteiger partial charge is 0.378 e. The van der Waals surface area contributed by atoms with Crippen LogP contribution in [-0.2, 0) is 16.0 Å². The zero-order valence-electron chi connectivity index (χ0n) is 13.3. The molecule has 1 saturated heterocycles. The molecular formula is C18H27NO2. The quantitative estimate of drug-likeness (QED) is 0.804. The number of benzene rings is 1. The Bertz CT molecular complexity index is 426. The molecule has 1 aliphatic rings. The molecule has 2 unspecified atom stereocenters. The summed E-state index contributed by atoms with van der Waals surface area (Å²) < 4.78 is 5.73. The van der Waals surface area contributed by atoms with E-state index in [-0.39, 0.29) is 11.8 Å². The second kappa shape index (κ2) is 8.18. The second-order valence-electron chi connectivity index (χ2n) is 6.13. The van der Waals surface area contributed by atoms with Gasteiger partial charge in [0.2, 0.25) is 5.91 Å². The van der Waals surface area contributed by atoms with E-state index in [2.05, 4.69) is 12.1 Å². The van der Waals surface area contributed by atoms with E-state index in [0.29, 0.717) is 6.10 Å². The van der Waals surface area contributed by atoms with Gasteiger partial charge in [0.25, 0.3) is 0 Å². The van der Waals surface area contributed by atoms with Crippen LogP contribution in [0, 0.1) is 5.92 Å². The summed E-state index contributed by atoms with van der Waals surface area (Å²) in [5.74, 6) is 0.263. The molecule has 3 nitrogen and oxygen atoms in total. The summed E-state index contributed by atoms with van der Waals surface area (Å²) in [5, 5.41) is 0. The number of nitrogens with zero attached hydrogens (tertiary/aromatic N) is 1. The third-order valence-electron chi connectivity index (χ3n) is 4.24. The van der Waals surface area contributed by atoms with Gasteiger partial charge in [0.1, 0.15) is 0 Å². The highest BCUT2D eigenvalue weighted by Gasteiger charge is 2.20. The number of ether oxygens (including phenoxy) is 1. The summed E-state index contributed by atoms with van der Waals surface area (Å²) in [5.41, 5.74) is 1.22. The highest BCUT2D eigenvalue weighted by Crippen LogP contribution is 2.17. The minimum Gasteiger partial charge on any atom is -0.378 e. The average Bonchev–Trinajstić information content (AvgIpc) is 2.53. The summed E-state index contributed by atoms with van der Waals surface area (Å²) >= 11 is 0. The van der Waals surface area contributed by atoms with Gasteiger partial charge in [-0.25, -0.2) is 0 Å². The predicted molar refractivity (Wildman–Crippen MR) is 85.2 cm³/mol. The first-order valence-electron chi connectivity index (χ1n) is 8.07. The van der Waals surface area contributed by atoms with Crippen molar-refractivity contribution in [3.05, 3.63) is 35.9 Å². The molecule has 0 saturated carbocycles. The second-order valence-corrected chi connectivity index (χ2v) is 6.13. The summed E-state index contributed by atoms with van der Waals surface area (Å²) in [6, 6.07) is 10.2. The molecule has 1 aliphatic heterocycles. The van der Waals surface area contributed by atoms with Crippen LogP contribution in [0.4, 0.5) is 0 Å². The molecule has 1 aromatic rings. The van der Waals surface area contributed by atoms with Gasteiger partial charge in [-0.2, -0.15) is 0 Å². The van der Waals surface area contributed by atoms with Crippen LogP contribution in [-0.4, -0.2) is 37.1 Å². The molecule has 21 heavy (non-hydrogen) atoms. The number of carbonyl (C=O) groups excluding carboxylic acids is 1. The average molecular weight is 289 g/mol. The van der Waals surface area contributed by atoms with Gasteiger partial charge in [-0.15, -0.1) is 0 Å². The standard InChI is InChI=1S/C18H27NO2/c1-15(14-16-8-4-3-5-9-16)18(20)19(2)12-11-17-10-6-7-13-21-17/h3-5,8-9,15,17H,6-7,10-14H2,1-2H3. The molecule has 1 fully saturated rings. The molecule has 0 N–H and O–H groups in total. The van der Waals surface area contributed by atoms with Gasteiger partial charge < -0.3 is 9.64 Å². The normalized spacial score (nSPS) is 20.0. The summed E-state index contributed by atoms with van der Waals surface area (Å²) in [6.45, 7) is 3.69. The maximum Gasteiger partial charge on any atom is 0.225 e. The van der Waals surface area contributed by atoms with Crippen molar-refractivity contribution in [2.75, 3.05) is 20.2 Å². The molecule has 2 atom stereocenters. The summed E-state index contributed by atoms with van der Waals surface area (Å²) in [6.07, 6.45) is 5.69. The molecule has 3 heteroatoms. The maximum atomic E-state index is 12.4.